The van der Waals surface area contributed by atoms with Crippen LogP contribution in [0.4, 0.5) is 5.69 Å². The third kappa shape index (κ3) is 3.88. The number of carbonyl (C=O) groups excluding carboxylic acids is 1. The van der Waals surface area contributed by atoms with Crippen molar-refractivity contribution in [2.24, 2.45) is 4.99 Å². The quantitative estimate of drug-likeness (QED) is 0.332. The highest BCUT2D eigenvalue weighted by atomic mass is 35.5. The Hall–Kier alpha value is -3.56. The number of ether oxygens (including phenoxy) is 1. The Morgan fingerprint density at radius 1 is 1.22 bits per heavy atom. The first kappa shape index (κ1) is 21.7. The van der Waals surface area contributed by atoms with Gasteiger partial charge in [-0.25, -0.2) is 9.79 Å². The van der Waals surface area contributed by atoms with E-state index in [1.54, 1.807) is 49.4 Å². The van der Waals surface area contributed by atoms with Gasteiger partial charge in [0.2, 0.25) is 0 Å². The summed E-state index contributed by atoms with van der Waals surface area (Å²) < 4.78 is 6.81. The summed E-state index contributed by atoms with van der Waals surface area (Å²) in [6, 6.07) is 12.0. The summed E-state index contributed by atoms with van der Waals surface area (Å²) in [6.07, 6.45) is 1.64. The zero-order valence-corrected chi connectivity index (χ0v) is 18.5. The number of aromatic nitrogens is 1. The predicted molar refractivity (Wildman–Crippen MR) is 120 cm³/mol. The van der Waals surface area contributed by atoms with Gasteiger partial charge in [-0.15, -0.1) is 0 Å². The van der Waals surface area contributed by atoms with Crippen molar-refractivity contribution in [3.05, 3.63) is 106 Å². The van der Waals surface area contributed by atoms with Crippen LogP contribution in [-0.4, -0.2) is 22.6 Å². The van der Waals surface area contributed by atoms with E-state index in [4.69, 9.17) is 16.3 Å². The number of non-ortho nitro benzene ring substituents is 1. The number of hydrogen-bond acceptors (Lipinski definition) is 7. The van der Waals surface area contributed by atoms with Gasteiger partial charge in [-0.1, -0.05) is 35.1 Å². The van der Waals surface area contributed by atoms with E-state index in [2.05, 4.69) is 4.99 Å². The van der Waals surface area contributed by atoms with E-state index in [9.17, 15) is 19.7 Å². The van der Waals surface area contributed by atoms with Crippen molar-refractivity contribution in [3.63, 3.8) is 0 Å². The second-order valence-electron chi connectivity index (χ2n) is 6.97. The molecule has 8 nitrogen and oxygen atoms in total. The number of rotatable bonds is 4. The average molecular weight is 470 g/mol. The lowest BCUT2D eigenvalue weighted by Gasteiger charge is -2.24. The number of carbonyl (C=O) groups is 1. The SMILES string of the molecule is COC(=O)C1=C(C)N=c2s/c(=C/c3ccc([N+](=O)[O-])cc3)c(=O)n2[C@H]1c1ccc(Cl)cc1. The summed E-state index contributed by atoms with van der Waals surface area (Å²) in [5, 5.41) is 11.4. The third-order valence-electron chi connectivity index (χ3n) is 5.01. The Balaban J connectivity index is 1.92. The normalized spacial score (nSPS) is 15.8. The molecule has 0 N–H and O–H groups in total. The molecule has 0 unspecified atom stereocenters. The van der Waals surface area contributed by atoms with Gasteiger partial charge in [0, 0.05) is 17.2 Å². The molecule has 162 valence electrons. The third-order valence-corrected chi connectivity index (χ3v) is 6.25. The zero-order valence-electron chi connectivity index (χ0n) is 16.9. The number of nitro benzene ring substituents is 1. The maximum atomic E-state index is 13.4. The van der Waals surface area contributed by atoms with Crippen LogP contribution in [0.15, 0.2) is 69.6 Å². The summed E-state index contributed by atoms with van der Waals surface area (Å²) in [5.41, 5.74) is 1.68. The van der Waals surface area contributed by atoms with Gasteiger partial charge in [0.1, 0.15) is 0 Å². The van der Waals surface area contributed by atoms with E-state index in [1.165, 1.54) is 35.1 Å². The van der Waals surface area contributed by atoms with Crippen LogP contribution in [0.5, 0.6) is 0 Å². The smallest absolute Gasteiger partial charge is 0.338 e. The van der Waals surface area contributed by atoms with Crippen molar-refractivity contribution in [2.45, 2.75) is 13.0 Å². The summed E-state index contributed by atoms with van der Waals surface area (Å²) in [4.78, 5) is 41.3. The Bertz CT molecular complexity index is 1440. The first-order valence-corrected chi connectivity index (χ1v) is 10.6. The van der Waals surface area contributed by atoms with Crippen LogP contribution >= 0.6 is 22.9 Å². The van der Waals surface area contributed by atoms with Crippen LogP contribution in [0.2, 0.25) is 5.02 Å². The lowest BCUT2D eigenvalue weighted by atomic mass is 9.96. The number of fused-ring (bicyclic) bond motifs is 1. The van der Waals surface area contributed by atoms with Crippen LogP contribution in [0, 0.1) is 10.1 Å². The Labute approximate surface area is 190 Å². The number of thiazole rings is 1. The number of benzene rings is 2. The molecule has 4 rings (SSSR count). The van der Waals surface area contributed by atoms with Gasteiger partial charge in [-0.05, 0) is 48.4 Å². The molecule has 1 aliphatic heterocycles. The van der Waals surface area contributed by atoms with Gasteiger partial charge in [-0.2, -0.15) is 0 Å². The topological polar surface area (TPSA) is 104 Å². The summed E-state index contributed by atoms with van der Waals surface area (Å²) in [5.74, 6) is -0.573. The van der Waals surface area contributed by atoms with Crippen molar-refractivity contribution in [1.82, 2.24) is 4.57 Å². The molecule has 0 aliphatic carbocycles. The van der Waals surface area contributed by atoms with E-state index in [-0.39, 0.29) is 16.8 Å². The maximum Gasteiger partial charge on any atom is 0.338 e. The fourth-order valence-corrected chi connectivity index (χ4v) is 4.67. The van der Waals surface area contributed by atoms with Gasteiger partial charge < -0.3 is 4.74 Å². The minimum Gasteiger partial charge on any atom is -0.466 e. The molecule has 1 aliphatic rings. The molecule has 10 heteroatoms. The number of methoxy groups -OCH3 is 1. The fraction of sp³-hybridized carbons (Fsp3) is 0.136. The van der Waals surface area contributed by atoms with E-state index in [0.29, 0.717) is 31.2 Å². The summed E-state index contributed by atoms with van der Waals surface area (Å²) in [7, 11) is 1.28. The molecule has 2 heterocycles. The van der Waals surface area contributed by atoms with Crippen molar-refractivity contribution < 1.29 is 14.5 Å². The fourth-order valence-electron chi connectivity index (χ4n) is 3.50. The minimum absolute atomic E-state index is 0.0373. The van der Waals surface area contributed by atoms with Gasteiger partial charge in [0.05, 0.1) is 33.9 Å². The van der Waals surface area contributed by atoms with Crippen LogP contribution in [0.1, 0.15) is 24.1 Å². The predicted octanol–water partition coefficient (Wildman–Crippen LogP) is 2.97. The van der Waals surface area contributed by atoms with Gasteiger partial charge in [0.25, 0.3) is 11.2 Å². The van der Waals surface area contributed by atoms with E-state index < -0.39 is 16.9 Å². The number of nitrogens with zero attached hydrogens (tertiary/aromatic N) is 3. The monoisotopic (exact) mass is 469 g/mol. The van der Waals surface area contributed by atoms with Crippen LogP contribution in [-0.2, 0) is 9.53 Å². The summed E-state index contributed by atoms with van der Waals surface area (Å²) >= 11 is 7.20. The largest absolute Gasteiger partial charge is 0.466 e. The molecule has 1 aromatic heterocycles. The van der Waals surface area contributed by atoms with Gasteiger partial charge >= 0.3 is 5.97 Å². The number of esters is 1. The molecule has 0 saturated heterocycles. The van der Waals surface area contributed by atoms with Crippen molar-refractivity contribution in [1.29, 1.82) is 0 Å². The van der Waals surface area contributed by atoms with Crippen molar-refractivity contribution in [2.75, 3.05) is 7.11 Å². The Morgan fingerprint density at radius 2 is 1.88 bits per heavy atom. The van der Waals surface area contributed by atoms with Crippen LogP contribution < -0.4 is 14.9 Å². The van der Waals surface area contributed by atoms with Gasteiger partial charge in [0.15, 0.2) is 4.80 Å². The van der Waals surface area contributed by atoms with E-state index in [0.717, 1.165) is 0 Å². The second-order valence-corrected chi connectivity index (χ2v) is 8.42. The standard InChI is InChI=1S/C22H16ClN3O5S/c1-12-18(21(28)31-2)19(14-5-7-15(23)8-6-14)25-20(27)17(32-22(25)24-12)11-13-3-9-16(10-4-13)26(29)30/h3-11,19H,1-2H3/b17-11+/t19-/m0/s1. The van der Waals surface area contributed by atoms with E-state index in [1.807, 2.05) is 0 Å². The Kier molecular flexibility index (Phi) is 5.77. The number of halogens is 1. The Morgan fingerprint density at radius 3 is 2.47 bits per heavy atom. The molecule has 0 fully saturated rings. The lowest BCUT2D eigenvalue weighted by molar-refractivity contribution is -0.384. The minimum atomic E-state index is -0.727. The molecule has 32 heavy (non-hydrogen) atoms. The highest BCUT2D eigenvalue weighted by molar-refractivity contribution is 7.07. The maximum absolute atomic E-state index is 13.4. The number of hydrogen-bond donors (Lipinski definition) is 0. The first-order chi connectivity index (χ1) is 15.3. The zero-order chi connectivity index (χ0) is 23.0. The van der Waals surface area contributed by atoms with Crippen molar-refractivity contribution in [3.8, 4) is 0 Å². The molecular formula is C22H16ClN3O5S. The molecule has 3 aromatic rings. The highest BCUT2D eigenvalue weighted by Crippen LogP contribution is 2.31. The van der Waals surface area contributed by atoms with E-state index >= 15 is 0 Å². The molecule has 0 bridgehead atoms. The molecule has 0 spiro atoms. The molecule has 2 aromatic carbocycles. The average Bonchev–Trinajstić information content (AvgIpc) is 3.08. The lowest BCUT2D eigenvalue weighted by Crippen LogP contribution is -2.39. The first-order valence-electron chi connectivity index (χ1n) is 9.41. The number of nitro groups is 1. The van der Waals surface area contributed by atoms with Crippen LogP contribution in [0.3, 0.4) is 0 Å². The highest BCUT2D eigenvalue weighted by Gasteiger charge is 2.33. The molecule has 0 amide bonds. The van der Waals surface area contributed by atoms with Crippen LogP contribution in [0.25, 0.3) is 6.08 Å². The van der Waals surface area contributed by atoms with Crippen molar-refractivity contribution >= 4 is 40.7 Å². The second kappa shape index (κ2) is 8.52. The molecule has 0 saturated carbocycles. The molecular weight excluding hydrogens is 454 g/mol. The number of allylic oxidation sites excluding steroid dienone is 1. The van der Waals surface area contributed by atoms with Gasteiger partial charge in [-0.3, -0.25) is 19.5 Å². The molecule has 0 radical (unpaired) electrons. The summed E-state index contributed by atoms with van der Waals surface area (Å²) in [6.45, 7) is 1.70. The molecule has 1 atom stereocenters.